The van der Waals surface area contributed by atoms with Crippen molar-refractivity contribution < 1.29 is 9.59 Å². The van der Waals surface area contributed by atoms with Gasteiger partial charge in [-0.15, -0.1) is 6.58 Å². The highest BCUT2D eigenvalue weighted by atomic mass is 16.2. The molecule has 0 bridgehead atoms. The standard InChI is InChI=1S/C11H21N3O2/c1-4-6-13-11(16)9-14(7-5-2)8-10(15)12-3/h4H,1,5-9H2,2-3H3,(H,12,15)(H,13,16). The summed E-state index contributed by atoms with van der Waals surface area (Å²) in [6.45, 7) is 7.22. The number of carbonyl (C=O) groups is 2. The third-order valence-electron chi connectivity index (χ3n) is 2.00. The fourth-order valence-electron chi connectivity index (χ4n) is 1.26. The van der Waals surface area contributed by atoms with E-state index in [0.29, 0.717) is 6.54 Å². The molecule has 0 aliphatic rings. The Morgan fingerprint density at radius 3 is 2.44 bits per heavy atom. The lowest BCUT2D eigenvalue weighted by atomic mass is 10.3. The molecule has 0 aromatic heterocycles. The number of carbonyl (C=O) groups excluding carboxylic acids is 2. The zero-order chi connectivity index (χ0) is 12.4. The molecule has 0 saturated heterocycles. The van der Waals surface area contributed by atoms with Gasteiger partial charge in [0.05, 0.1) is 13.1 Å². The summed E-state index contributed by atoms with van der Waals surface area (Å²) in [5.74, 6) is -0.165. The second kappa shape index (κ2) is 8.91. The van der Waals surface area contributed by atoms with Crippen LogP contribution in [-0.4, -0.2) is 49.9 Å². The number of nitrogens with one attached hydrogen (secondary N) is 2. The molecule has 0 spiro atoms. The minimum Gasteiger partial charge on any atom is -0.358 e. The van der Waals surface area contributed by atoms with E-state index < -0.39 is 0 Å². The van der Waals surface area contributed by atoms with Gasteiger partial charge in [0.25, 0.3) is 0 Å². The van der Waals surface area contributed by atoms with Crippen LogP contribution in [0.1, 0.15) is 13.3 Å². The highest BCUT2D eigenvalue weighted by Gasteiger charge is 2.12. The van der Waals surface area contributed by atoms with Crippen molar-refractivity contribution >= 4 is 11.8 Å². The molecule has 16 heavy (non-hydrogen) atoms. The normalized spacial score (nSPS) is 9.94. The molecule has 92 valence electrons. The maximum atomic E-state index is 11.4. The van der Waals surface area contributed by atoms with Crippen LogP contribution >= 0.6 is 0 Å². The van der Waals surface area contributed by atoms with Crippen molar-refractivity contribution in [2.45, 2.75) is 13.3 Å². The molecule has 0 aromatic carbocycles. The lowest BCUT2D eigenvalue weighted by Gasteiger charge is -2.19. The van der Waals surface area contributed by atoms with Crippen molar-refractivity contribution in [2.24, 2.45) is 0 Å². The number of nitrogens with zero attached hydrogens (tertiary/aromatic N) is 1. The molecule has 0 heterocycles. The van der Waals surface area contributed by atoms with E-state index >= 15 is 0 Å². The van der Waals surface area contributed by atoms with Gasteiger partial charge in [-0.25, -0.2) is 0 Å². The number of likely N-dealkylation sites (N-methyl/N-ethyl adjacent to an activating group) is 1. The van der Waals surface area contributed by atoms with Gasteiger partial charge in [0.15, 0.2) is 0 Å². The average molecular weight is 227 g/mol. The molecule has 0 aliphatic carbocycles. The third-order valence-corrected chi connectivity index (χ3v) is 2.00. The van der Waals surface area contributed by atoms with Crippen LogP contribution in [0.4, 0.5) is 0 Å². The lowest BCUT2D eigenvalue weighted by molar-refractivity contribution is -0.124. The van der Waals surface area contributed by atoms with Crippen molar-refractivity contribution in [3.63, 3.8) is 0 Å². The van der Waals surface area contributed by atoms with Crippen LogP contribution in [0.2, 0.25) is 0 Å². The Labute approximate surface area is 96.9 Å². The summed E-state index contributed by atoms with van der Waals surface area (Å²) in [4.78, 5) is 24.4. The monoisotopic (exact) mass is 227 g/mol. The highest BCUT2D eigenvalue weighted by molar-refractivity contribution is 5.81. The first-order chi connectivity index (χ1) is 7.63. The van der Waals surface area contributed by atoms with Crippen molar-refractivity contribution in [1.29, 1.82) is 0 Å². The maximum absolute atomic E-state index is 11.4. The summed E-state index contributed by atoms with van der Waals surface area (Å²) in [7, 11) is 1.59. The largest absolute Gasteiger partial charge is 0.358 e. The molecule has 0 aromatic rings. The summed E-state index contributed by atoms with van der Waals surface area (Å²) in [5, 5.41) is 5.22. The van der Waals surface area contributed by atoms with Gasteiger partial charge < -0.3 is 10.6 Å². The molecule has 0 aliphatic heterocycles. The van der Waals surface area contributed by atoms with Crippen molar-refractivity contribution in [1.82, 2.24) is 15.5 Å². The van der Waals surface area contributed by atoms with E-state index in [-0.39, 0.29) is 24.9 Å². The number of rotatable bonds is 8. The van der Waals surface area contributed by atoms with Gasteiger partial charge in [-0.3, -0.25) is 14.5 Å². The molecule has 5 heteroatoms. The van der Waals surface area contributed by atoms with Crippen molar-refractivity contribution in [3.05, 3.63) is 12.7 Å². The molecular formula is C11H21N3O2. The Bertz CT molecular complexity index is 241. The first-order valence-electron chi connectivity index (χ1n) is 5.44. The Balaban J connectivity index is 4.05. The Morgan fingerprint density at radius 1 is 1.31 bits per heavy atom. The van der Waals surface area contributed by atoms with Gasteiger partial charge in [-0.05, 0) is 13.0 Å². The van der Waals surface area contributed by atoms with Gasteiger partial charge in [0.2, 0.25) is 11.8 Å². The summed E-state index contributed by atoms with van der Waals surface area (Å²) >= 11 is 0. The summed E-state index contributed by atoms with van der Waals surface area (Å²) in [6.07, 6.45) is 2.53. The quantitative estimate of drug-likeness (QED) is 0.562. The maximum Gasteiger partial charge on any atom is 0.234 e. The van der Waals surface area contributed by atoms with Crippen LogP contribution in [0.15, 0.2) is 12.7 Å². The zero-order valence-electron chi connectivity index (χ0n) is 10.1. The number of amides is 2. The second-order valence-electron chi connectivity index (χ2n) is 3.48. The van der Waals surface area contributed by atoms with E-state index in [4.69, 9.17) is 0 Å². The SMILES string of the molecule is C=CCNC(=O)CN(CCC)CC(=O)NC. The minimum atomic E-state index is -0.0859. The van der Waals surface area contributed by atoms with Gasteiger partial charge >= 0.3 is 0 Å². The minimum absolute atomic E-state index is 0.0787. The average Bonchev–Trinajstić information content (AvgIpc) is 2.26. The van der Waals surface area contributed by atoms with Gasteiger partial charge in [-0.2, -0.15) is 0 Å². The fraction of sp³-hybridized carbons (Fsp3) is 0.636. The molecule has 2 amide bonds. The van der Waals surface area contributed by atoms with Crippen LogP contribution in [-0.2, 0) is 9.59 Å². The van der Waals surface area contributed by atoms with Crippen LogP contribution in [0.25, 0.3) is 0 Å². The smallest absolute Gasteiger partial charge is 0.234 e. The first-order valence-corrected chi connectivity index (χ1v) is 5.44. The van der Waals surface area contributed by atoms with Crippen LogP contribution in [0.3, 0.4) is 0 Å². The first kappa shape index (κ1) is 14.6. The van der Waals surface area contributed by atoms with Gasteiger partial charge in [-0.1, -0.05) is 13.0 Å². The topological polar surface area (TPSA) is 61.4 Å². The van der Waals surface area contributed by atoms with E-state index in [2.05, 4.69) is 17.2 Å². The van der Waals surface area contributed by atoms with E-state index in [1.54, 1.807) is 13.1 Å². The molecule has 0 radical (unpaired) electrons. The zero-order valence-corrected chi connectivity index (χ0v) is 10.1. The summed E-state index contributed by atoms with van der Waals surface area (Å²) in [6, 6.07) is 0. The number of hydrogen-bond donors (Lipinski definition) is 2. The third kappa shape index (κ3) is 7.00. The predicted octanol–water partition coefficient (Wildman–Crippen LogP) is -0.253. The molecule has 0 fully saturated rings. The Kier molecular flexibility index (Phi) is 8.15. The summed E-state index contributed by atoms with van der Waals surface area (Å²) in [5.41, 5.74) is 0. The van der Waals surface area contributed by atoms with E-state index in [1.165, 1.54) is 0 Å². The molecule has 0 atom stereocenters. The second-order valence-corrected chi connectivity index (χ2v) is 3.48. The van der Waals surface area contributed by atoms with E-state index in [0.717, 1.165) is 13.0 Å². The highest BCUT2D eigenvalue weighted by Crippen LogP contribution is 1.91. The molecule has 2 N–H and O–H groups in total. The van der Waals surface area contributed by atoms with Crippen molar-refractivity contribution in [2.75, 3.05) is 33.2 Å². The lowest BCUT2D eigenvalue weighted by Crippen LogP contribution is -2.42. The van der Waals surface area contributed by atoms with E-state index in [1.807, 2.05) is 11.8 Å². The molecule has 0 rings (SSSR count). The Morgan fingerprint density at radius 2 is 1.94 bits per heavy atom. The molecule has 5 nitrogen and oxygen atoms in total. The van der Waals surface area contributed by atoms with Crippen LogP contribution in [0.5, 0.6) is 0 Å². The molecule has 0 unspecified atom stereocenters. The van der Waals surface area contributed by atoms with Gasteiger partial charge in [0.1, 0.15) is 0 Å². The predicted molar refractivity (Wildman–Crippen MR) is 64.0 cm³/mol. The van der Waals surface area contributed by atoms with E-state index in [9.17, 15) is 9.59 Å². The van der Waals surface area contributed by atoms with Gasteiger partial charge in [0, 0.05) is 13.6 Å². The van der Waals surface area contributed by atoms with Crippen LogP contribution in [0, 0.1) is 0 Å². The number of hydrogen-bond acceptors (Lipinski definition) is 3. The molecular weight excluding hydrogens is 206 g/mol. The van der Waals surface area contributed by atoms with Crippen LogP contribution < -0.4 is 10.6 Å². The summed E-state index contributed by atoms with van der Waals surface area (Å²) < 4.78 is 0. The van der Waals surface area contributed by atoms with Crippen molar-refractivity contribution in [3.8, 4) is 0 Å². The fourth-order valence-corrected chi connectivity index (χ4v) is 1.26. The molecule has 0 saturated carbocycles. The Hall–Kier alpha value is -1.36.